The van der Waals surface area contributed by atoms with E-state index in [0.717, 1.165) is 35.8 Å². The molecule has 2 saturated heterocycles. The summed E-state index contributed by atoms with van der Waals surface area (Å²) in [5.74, 6) is 3.75. The lowest BCUT2D eigenvalue weighted by Gasteiger charge is -2.42. The Hall–Kier alpha value is -0.0800. The summed E-state index contributed by atoms with van der Waals surface area (Å²) in [5, 5.41) is 3.81. The van der Waals surface area contributed by atoms with Crippen molar-refractivity contribution in [3.63, 3.8) is 0 Å². The molecule has 3 aliphatic rings. The summed E-state index contributed by atoms with van der Waals surface area (Å²) in [7, 11) is 0. The van der Waals surface area contributed by atoms with Crippen LogP contribution in [-0.2, 0) is 0 Å². The van der Waals surface area contributed by atoms with E-state index < -0.39 is 0 Å². The van der Waals surface area contributed by atoms with Crippen LogP contribution in [0.1, 0.15) is 46.5 Å². The first-order chi connectivity index (χ1) is 8.65. The summed E-state index contributed by atoms with van der Waals surface area (Å²) in [6.07, 6.45) is 5.86. The predicted molar refractivity (Wildman–Crippen MR) is 76.6 cm³/mol. The molecule has 2 heteroatoms. The Bertz CT molecular complexity index is 291. The zero-order valence-electron chi connectivity index (χ0n) is 12.4. The van der Waals surface area contributed by atoms with Crippen molar-refractivity contribution >= 4 is 0 Å². The molecule has 0 bridgehead atoms. The molecule has 6 unspecified atom stereocenters. The van der Waals surface area contributed by atoms with Crippen molar-refractivity contribution in [3.8, 4) is 0 Å². The van der Waals surface area contributed by atoms with Gasteiger partial charge in [-0.2, -0.15) is 0 Å². The Kier molecular flexibility index (Phi) is 3.68. The number of nitrogens with zero attached hydrogens (tertiary/aromatic N) is 1. The lowest BCUT2D eigenvalue weighted by atomic mass is 9.85. The maximum Gasteiger partial charge on any atom is 0.0226 e. The van der Waals surface area contributed by atoms with Gasteiger partial charge in [-0.1, -0.05) is 20.3 Å². The molecule has 0 aromatic carbocycles. The van der Waals surface area contributed by atoms with E-state index in [-0.39, 0.29) is 0 Å². The lowest BCUT2D eigenvalue weighted by molar-refractivity contribution is 0.0669. The highest BCUT2D eigenvalue weighted by Gasteiger charge is 2.40. The maximum absolute atomic E-state index is 3.81. The summed E-state index contributed by atoms with van der Waals surface area (Å²) in [6.45, 7) is 11.2. The van der Waals surface area contributed by atoms with Crippen LogP contribution >= 0.6 is 0 Å². The molecule has 0 aromatic heterocycles. The summed E-state index contributed by atoms with van der Waals surface area (Å²) in [5.41, 5.74) is 0. The number of nitrogens with one attached hydrogen (secondary N) is 1. The molecule has 3 fully saturated rings. The highest BCUT2D eigenvalue weighted by Crippen LogP contribution is 2.38. The van der Waals surface area contributed by atoms with E-state index in [2.05, 4.69) is 31.0 Å². The summed E-state index contributed by atoms with van der Waals surface area (Å²) < 4.78 is 0. The number of likely N-dealkylation sites (tertiary alicyclic amines) is 1. The molecule has 2 nitrogen and oxygen atoms in total. The molecule has 18 heavy (non-hydrogen) atoms. The number of rotatable bonds is 2. The van der Waals surface area contributed by atoms with Gasteiger partial charge >= 0.3 is 0 Å². The first-order valence-electron chi connectivity index (χ1n) is 8.12. The third-order valence-electron chi connectivity index (χ3n) is 6.03. The van der Waals surface area contributed by atoms with Gasteiger partial charge in [0.05, 0.1) is 0 Å². The Morgan fingerprint density at radius 3 is 2.83 bits per heavy atom. The highest BCUT2D eigenvalue weighted by molar-refractivity contribution is 4.96. The minimum atomic E-state index is 0.781. The second kappa shape index (κ2) is 5.13. The van der Waals surface area contributed by atoms with Crippen LogP contribution in [0.2, 0.25) is 0 Å². The van der Waals surface area contributed by atoms with E-state index in [1.165, 1.54) is 45.3 Å². The Morgan fingerprint density at radius 2 is 2.00 bits per heavy atom. The van der Waals surface area contributed by atoms with Gasteiger partial charge < -0.3 is 5.32 Å². The molecule has 1 saturated carbocycles. The third-order valence-corrected chi connectivity index (χ3v) is 6.03. The second-order valence-electron chi connectivity index (χ2n) is 7.38. The zero-order chi connectivity index (χ0) is 12.7. The van der Waals surface area contributed by atoms with Crippen molar-refractivity contribution in [2.75, 3.05) is 19.6 Å². The van der Waals surface area contributed by atoms with Crippen LogP contribution in [0.4, 0.5) is 0 Å². The highest BCUT2D eigenvalue weighted by atomic mass is 15.2. The van der Waals surface area contributed by atoms with E-state index in [4.69, 9.17) is 0 Å². The standard InChI is InChI=1S/C16H30N2/c1-11-7-12(2)13(3)18(9-11)10-16-15-6-4-5-14(15)8-17-16/h11-17H,4-10H2,1-3H3. The molecule has 2 heterocycles. The minimum absolute atomic E-state index is 0.781. The Balaban J connectivity index is 1.61. The van der Waals surface area contributed by atoms with Gasteiger partial charge in [0.15, 0.2) is 0 Å². The summed E-state index contributed by atoms with van der Waals surface area (Å²) >= 11 is 0. The smallest absolute Gasteiger partial charge is 0.0226 e. The van der Waals surface area contributed by atoms with Gasteiger partial charge in [0, 0.05) is 25.2 Å². The number of fused-ring (bicyclic) bond motifs is 1. The van der Waals surface area contributed by atoms with Crippen molar-refractivity contribution in [1.29, 1.82) is 0 Å². The molecule has 3 rings (SSSR count). The van der Waals surface area contributed by atoms with Crippen molar-refractivity contribution in [3.05, 3.63) is 0 Å². The molecular formula is C16H30N2. The first kappa shape index (κ1) is 12.9. The average molecular weight is 250 g/mol. The molecule has 1 aliphatic carbocycles. The van der Waals surface area contributed by atoms with Gasteiger partial charge in [0.1, 0.15) is 0 Å². The van der Waals surface area contributed by atoms with Gasteiger partial charge in [-0.3, -0.25) is 4.90 Å². The van der Waals surface area contributed by atoms with Crippen molar-refractivity contribution in [2.45, 2.75) is 58.5 Å². The average Bonchev–Trinajstić information content (AvgIpc) is 2.90. The van der Waals surface area contributed by atoms with Crippen LogP contribution in [0.15, 0.2) is 0 Å². The topological polar surface area (TPSA) is 15.3 Å². The second-order valence-corrected chi connectivity index (χ2v) is 7.38. The van der Waals surface area contributed by atoms with E-state index in [9.17, 15) is 0 Å². The lowest BCUT2D eigenvalue weighted by Crippen LogP contribution is -2.51. The quantitative estimate of drug-likeness (QED) is 0.811. The molecule has 6 atom stereocenters. The van der Waals surface area contributed by atoms with Crippen molar-refractivity contribution < 1.29 is 0 Å². The third kappa shape index (κ3) is 2.34. The summed E-state index contributed by atoms with van der Waals surface area (Å²) in [4.78, 5) is 2.78. The zero-order valence-corrected chi connectivity index (χ0v) is 12.4. The van der Waals surface area contributed by atoms with Crippen LogP contribution in [0.25, 0.3) is 0 Å². The fraction of sp³-hybridized carbons (Fsp3) is 1.00. The fourth-order valence-electron chi connectivity index (χ4n) is 4.83. The van der Waals surface area contributed by atoms with Crippen LogP contribution < -0.4 is 5.32 Å². The summed E-state index contributed by atoms with van der Waals surface area (Å²) in [6, 6.07) is 1.57. The Morgan fingerprint density at radius 1 is 1.17 bits per heavy atom. The van der Waals surface area contributed by atoms with Crippen molar-refractivity contribution in [2.24, 2.45) is 23.7 Å². The van der Waals surface area contributed by atoms with E-state index in [1.54, 1.807) is 0 Å². The predicted octanol–water partition coefficient (Wildman–Crippen LogP) is 2.74. The van der Waals surface area contributed by atoms with Gasteiger partial charge in [0.25, 0.3) is 0 Å². The number of hydrogen-bond acceptors (Lipinski definition) is 2. The largest absolute Gasteiger partial charge is 0.312 e. The van der Waals surface area contributed by atoms with Crippen LogP contribution in [0, 0.1) is 23.7 Å². The molecule has 0 amide bonds. The molecule has 2 aliphatic heterocycles. The molecule has 0 spiro atoms. The van der Waals surface area contributed by atoms with Crippen LogP contribution in [0.5, 0.6) is 0 Å². The van der Waals surface area contributed by atoms with Crippen LogP contribution in [-0.4, -0.2) is 36.6 Å². The van der Waals surface area contributed by atoms with Gasteiger partial charge in [-0.15, -0.1) is 0 Å². The van der Waals surface area contributed by atoms with E-state index in [0.29, 0.717) is 0 Å². The Labute approximate surface area is 113 Å². The molecule has 1 N–H and O–H groups in total. The normalized spacial score (nSPS) is 49.5. The first-order valence-corrected chi connectivity index (χ1v) is 8.12. The van der Waals surface area contributed by atoms with Crippen molar-refractivity contribution in [1.82, 2.24) is 10.2 Å². The number of hydrogen-bond donors (Lipinski definition) is 1. The van der Waals surface area contributed by atoms with Gasteiger partial charge in [-0.25, -0.2) is 0 Å². The monoisotopic (exact) mass is 250 g/mol. The van der Waals surface area contributed by atoms with Gasteiger partial charge in [0.2, 0.25) is 0 Å². The molecule has 0 aromatic rings. The molecular weight excluding hydrogens is 220 g/mol. The van der Waals surface area contributed by atoms with E-state index >= 15 is 0 Å². The molecule has 104 valence electrons. The molecule has 0 radical (unpaired) electrons. The maximum atomic E-state index is 3.81. The van der Waals surface area contributed by atoms with Gasteiger partial charge in [-0.05, 0) is 56.4 Å². The van der Waals surface area contributed by atoms with E-state index in [1.807, 2.05) is 0 Å². The SMILES string of the molecule is CC1CC(C)C(C)N(CC2NCC3CCCC32)C1. The van der Waals surface area contributed by atoms with Crippen LogP contribution in [0.3, 0.4) is 0 Å². The minimum Gasteiger partial charge on any atom is -0.312 e. The fourth-order valence-corrected chi connectivity index (χ4v) is 4.83. The number of piperidine rings is 1.